The van der Waals surface area contributed by atoms with Crippen LogP contribution in [0, 0.1) is 0 Å². The van der Waals surface area contributed by atoms with E-state index in [0.717, 1.165) is 0 Å². The van der Waals surface area contributed by atoms with Crippen molar-refractivity contribution in [2.75, 3.05) is 0 Å². The average molecular weight is 510 g/mol. The Labute approximate surface area is 155 Å². The van der Waals surface area contributed by atoms with E-state index in [2.05, 4.69) is 0 Å². The summed E-state index contributed by atoms with van der Waals surface area (Å²) in [6.45, 7) is 0. The molecule has 0 atom stereocenters. The van der Waals surface area contributed by atoms with Crippen LogP contribution in [0.25, 0.3) is 0 Å². The van der Waals surface area contributed by atoms with Gasteiger partial charge in [-0.2, -0.15) is 79.0 Å². The molecule has 21 heteroatoms. The van der Waals surface area contributed by atoms with Crippen LogP contribution in [0.4, 0.5) is 79.0 Å². The van der Waals surface area contributed by atoms with Crippen LogP contribution in [-0.4, -0.2) is 36.3 Å². The van der Waals surface area contributed by atoms with Gasteiger partial charge in [-0.15, -0.1) is 0 Å². The summed E-state index contributed by atoms with van der Waals surface area (Å²) < 4.78 is 230. The normalized spacial score (nSPS) is 14.3. The molecule has 0 unspecified atom stereocenters. The van der Waals surface area contributed by atoms with Crippen molar-refractivity contribution in [3.05, 3.63) is 24.2 Å². The first-order valence-electron chi connectivity index (χ1n) is 6.13. The van der Waals surface area contributed by atoms with Gasteiger partial charge in [0.2, 0.25) is 0 Å². The van der Waals surface area contributed by atoms with Crippen LogP contribution in [-0.2, 0) is 14.2 Å². The molecule has 184 valence electrons. The molecule has 0 saturated carbocycles. The Morgan fingerprint density at radius 3 is 0.806 bits per heavy atom. The van der Waals surface area contributed by atoms with E-state index < -0.39 is 60.5 Å². The van der Waals surface area contributed by atoms with Gasteiger partial charge in [0, 0.05) is 0 Å². The fraction of sp³-hybridized carbons (Fsp3) is 0.600. The Hall–Kier alpha value is -2.22. The molecule has 0 amide bonds. The molecule has 0 bridgehead atoms. The number of rotatable bonds is 10. The van der Waals surface area contributed by atoms with Gasteiger partial charge in [-0.05, 0) is 0 Å². The minimum absolute atomic E-state index is 1.27. The van der Waals surface area contributed by atoms with Gasteiger partial charge < -0.3 is 9.47 Å². The minimum atomic E-state index is -7.78. The van der Waals surface area contributed by atoms with Crippen molar-refractivity contribution in [1.82, 2.24) is 0 Å². The van der Waals surface area contributed by atoms with Crippen molar-refractivity contribution in [1.29, 1.82) is 0 Å². The maximum absolute atomic E-state index is 13.0. The summed E-state index contributed by atoms with van der Waals surface area (Å²) in [4.78, 5) is 0. The molecule has 0 saturated heterocycles. The van der Waals surface area contributed by atoms with Gasteiger partial charge in [-0.25, -0.2) is 4.74 Å². The van der Waals surface area contributed by atoms with Crippen molar-refractivity contribution in [3.63, 3.8) is 0 Å². The van der Waals surface area contributed by atoms with Gasteiger partial charge in [0.1, 0.15) is 0 Å². The monoisotopic (exact) mass is 510 g/mol. The smallest absolute Gasteiger partial charge is 0.397 e. The molecule has 3 nitrogen and oxygen atoms in total. The van der Waals surface area contributed by atoms with Crippen LogP contribution in [0.5, 0.6) is 0 Å². The largest absolute Gasteiger partial charge is 0.475 e. The molecule has 0 aliphatic carbocycles. The highest BCUT2D eigenvalue weighted by Crippen LogP contribution is 2.54. The maximum Gasteiger partial charge on any atom is 0.475 e. The molecule has 0 radical (unpaired) electrons. The van der Waals surface area contributed by atoms with Crippen LogP contribution in [0.2, 0.25) is 0 Å². The molecule has 0 aliphatic heterocycles. The Morgan fingerprint density at radius 2 is 0.613 bits per heavy atom. The number of ether oxygens (including phenoxy) is 3. The predicted molar refractivity (Wildman–Crippen MR) is 53.6 cm³/mol. The summed E-state index contributed by atoms with van der Waals surface area (Å²) in [7, 11) is 0. The molecule has 0 aromatic carbocycles. The molecule has 0 heterocycles. The van der Waals surface area contributed by atoms with E-state index in [0.29, 0.717) is 0 Å². The fourth-order valence-corrected chi connectivity index (χ4v) is 1.06. The number of hydrogen-bond acceptors (Lipinski definition) is 3. The van der Waals surface area contributed by atoms with E-state index in [4.69, 9.17) is 0 Å². The second-order valence-corrected chi connectivity index (χ2v) is 4.59. The summed E-state index contributed by atoms with van der Waals surface area (Å²) in [6, 6.07) is -7.99. The minimum Gasteiger partial charge on any atom is -0.397 e. The number of alkyl halides is 12. The van der Waals surface area contributed by atoms with Crippen molar-refractivity contribution in [2.24, 2.45) is 0 Å². The molecule has 0 spiro atoms. The quantitative estimate of drug-likeness (QED) is 0.241. The average Bonchev–Trinajstić information content (AvgIpc) is 2.51. The summed E-state index contributed by atoms with van der Waals surface area (Å²) in [5.41, 5.74) is 0. The SMILES string of the molecule is FC(F)=C(F)OC(F)(F)C(F)(F)C(F)(F)OC(F)(F)C(F)(F)C(F)(F)OC(F)=C(F)F. The zero-order valence-corrected chi connectivity index (χ0v) is 13.0. The van der Waals surface area contributed by atoms with E-state index >= 15 is 0 Å². The van der Waals surface area contributed by atoms with Crippen molar-refractivity contribution < 1.29 is 93.2 Å². The molecule has 0 aliphatic rings. The van der Waals surface area contributed by atoms with Crippen LogP contribution < -0.4 is 0 Å². The topological polar surface area (TPSA) is 27.7 Å². The third kappa shape index (κ3) is 5.53. The van der Waals surface area contributed by atoms with E-state index in [-0.39, 0.29) is 0 Å². The molecule has 0 rings (SSSR count). The zero-order chi connectivity index (χ0) is 25.4. The zero-order valence-electron chi connectivity index (χ0n) is 13.0. The highest BCUT2D eigenvalue weighted by Gasteiger charge is 2.83. The summed E-state index contributed by atoms with van der Waals surface area (Å²) >= 11 is 0. The van der Waals surface area contributed by atoms with Gasteiger partial charge in [-0.1, -0.05) is 0 Å². The van der Waals surface area contributed by atoms with E-state index in [1.165, 1.54) is 4.74 Å². The first kappa shape index (κ1) is 28.8. The summed E-state index contributed by atoms with van der Waals surface area (Å²) in [5, 5.41) is 0. The molecule has 0 N–H and O–H groups in total. The highest BCUT2D eigenvalue weighted by atomic mass is 19.4. The highest BCUT2D eigenvalue weighted by molar-refractivity contribution is 4.95. The van der Waals surface area contributed by atoms with Crippen LogP contribution >= 0.6 is 0 Å². The molecule has 31 heavy (non-hydrogen) atoms. The predicted octanol–water partition coefficient (Wildman–Crippen LogP) is 6.75. The van der Waals surface area contributed by atoms with Crippen molar-refractivity contribution in [3.8, 4) is 0 Å². The van der Waals surface area contributed by atoms with Gasteiger partial charge in [0.25, 0.3) is 0 Å². The third-order valence-electron chi connectivity index (χ3n) is 2.45. The first-order chi connectivity index (χ1) is 13.4. The fourth-order valence-electron chi connectivity index (χ4n) is 1.06. The lowest BCUT2D eigenvalue weighted by Crippen LogP contribution is -2.63. The van der Waals surface area contributed by atoms with Crippen LogP contribution in [0.15, 0.2) is 24.2 Å². The lowest BCUT2D eigenvalue weighted by atomic mass is 10.2. The van der Waals surface area contributed by atoms with Gasteiger partial charge in [-0.3, -0.25) is 0 Å². The van der Waals surface area contributed by atoms with E-state index in [1.54, 1.807) is 9.47 Å². The van der Waals surface area contributed by atoms with Crippen molar-refractivity contribution >= 4 is 0 Å². The Morgan fingerprint density at radius 1 is 0.387 bits per heavy atom. The second-order valence-electron chi connectivity index (χ2n) is 4.59. The summed E-state index contributed by atoms with van der Waals surface area (Å²) in [5.74, 6) is -15.6. The van der Waals surface area contributed by atoms with E-state index in [1.807, 2.05) is 0 Å². The van der Waals surface area contributed by atoms with Crippen molar-refractivity contribution in [2.45, 2.75) is 36.3 Å². The second kappa shape index (κ2) is 8.37. The Bertz CT molecular complexity index is 656. The van der Waals surface area contributed by atoms with Gasteiger partial charge >= 0.3 is 60.5 Å². The van der Waals surface area contributed by atoms with Gasteiger partial charge in [0.15, 0.2) is 0 Å². The van der Waals surface area contributed by atoms with Gasteiger partial charge in [0.05, 0.1) is 0 Å². The molecule has 0 fully saturated rings. The number of halogens is 18. The standard InChI is InChI=1S/C10F18O3/c11-1(12)3(15)29-7(21,22)5(17,18)9(25,26)31-10(27,28)6(19,20)8(23,24)30-4(16)2(13)14. The lowest BCUT2D eigenvalue weighted by Gasteiger charge is -2.36. The maximum atomic E-state index is 13.0. The molecular formula is C10F18O3. The van der Waals surface area contributed by atoms with E-state index in [9.17, 15) is 79.0 Å². The summed E-state index contributed by atoms with van der Waals surface area (Å²) in [6.07, 6.45) is -38.1. The first-order valence-corrected chi connectivity index (χ1v) is 6.13. The Kier molecular flexibility index (Phi) is 7.77. The lowest BCUT2D eigenvalue weighted by molar-refractivity contribution is -0.527. The Balaban J connectivity index is 6.10. The van der Waals surface area contributed by atoms with Crippen LogP contribution in [0.1, 0.15) is 0 Å². The molecular weight excluding hydrogens is 510 g/mol. The third-order valence-corrected chi connectivity index (χ3v) is 2.45. The van der Waals surface area contributed by atoms with Crippen LogP contribution in [0.3, 0.4) is 0 Å². The molecule has 0 aromatic rings. The molecule has 0 aromatic heterocycles. The number of hydrogen-bond donors (Lipinski definition) is 0.